The average Bonchev–Trinajstić information content (AvgIpc) is 2.99. The number of carbonyl (C=O) groups excluding carboxylic acids is 1. The van der Waals surface area contributed by atoms with Crippen LogP contribution in [0.25, 0.3) is 5.57 Å². The van der Waals surface area contributed by atoms with E-state index in [0.29, 0.717) is 11.3 Å². The van der Waals surface area contributed by atoms with Crippen molar-refractivity contribution in [2.75, 3.05) is 12.8 Å². The highest BCUT2D eigenvalue weighted by Crippen LogP contribution is 2.29. The van der Waals surface area contributed by atoms with E-state index in [1.165, 1.54) is 7.05 Å². The van der Waals surface area contributed by atoms with Gasteiger partial charge in [0.25, 0.3) is 0 Å². The van der Waals surface area contributed by atoms with E-state index in [0.717, 1.165) is 36.2 Å². The lowest BCUT2D eigenvalue weighted by molar-refractivity contribution is 0.112. The standard InChI is InChI=1S/C16H15N3O2.CH5N/c17-16-14(10-20)15(18-19-16)11-6-8-13(9-7-11)21-12-4-2-1-3-5-12;1-2/h1-6,8,10H,7,9H2,(H3,17,18,19);2H2,1H3. The van der Waals surface area contributed by atoms with E-state index >= 15 is 0 Å². The zero-order valence-electron chi connectivity index (χ0n) is 13.0. The van der Waals surface area contributed by atoms with Crippen molar-refractivity contribution < 1.29 is 9.53 Å². The Bertz CT molecular complexity index is 717. The van der Waals surface area contributed by atoms with Gasteiger partial charge >= 0.3 is 0 Å². The minimum Gasteiger partial charge on any atom is -0.462 e. The molecule has 1 heterocycles. The molecule has 0 spiro atoms. The highest BCUT2D eigenvalue weighted by Gasteiger charge is 2.16. The molecule has 3 rings (SSSR count). The number of nitrogens with two attached hydrogens (primary N) is 2. The molecule has 23 heavy (non-hydrogen) atoms. The molecule has 0 atom stereocenters. The first-order valence-electron chi connectivity index (χ1n) is 7.27. The molecular formula is C17H20N4O2. The first-order valence-corrected chi connectivity index (χ1v) is 7.27. The van der Waals surface area contributed by atoms with E-state index in [4.69, 9.17) is 10.5 Å². The molecule has 0 aliphatic heterocycles. The van der Waals surface area contributed by atoms with Crippen LogP contribution in [0.4, 0.5) is 5.82 Å². The summed E-state index contributed by atoms with van der Waals surface area (Å²) in [5.41, 5.74) is 12.3. The Morgan fingerprint density at radius 1 is 1.17 bits per heavy atom. The molecule has 6 nitrogen and oxygen atoms in total. The number of aldehydes is 1. The molecule has 0 saturated carbocycles. The number of nitrogens with zero attached hydrogens (tertiary/aromatic N) is 1. The van der Waals surface area contributed by atoms with E-state index in [1.54, 1.807) is 0 Å². The summed E-state index contributed by atoms with van der Waals surface area (Å²) in [6.45, 7) is 0. The van der Waals surface area contributed by atoms with E-state index in [-0.39, 0.29) is 5.82 Å². The predicted molar refractivity (Wildman–Crippen MR) is 90.9 cm³/mol. The van der Waals surface area contributed by atoms with Gasteiger partial charge in [0.1, 0.15) is 11.5 Å². The van der Waals surface area contributed by atoms with E-state index in [1.807, 2.05) is 42.5 Å². The zero-order chi connectivity index (χ0) is 16.7. The lowest BCUT2D eigenvalue weighted by atomic mass is 9.98. The molecule has 1 aliphatic rings. The van der Waals surface area contributed by atoms with Crippen molar-refractivity contribution in [2.45, 2.75) is 12.8 Å². The molecule has 120 valence electrons. The monoisotopic (exact) mass is 312 g/mol. The van der Waals surface area contributed by atoms with Gasteiger partial charge in [0.15, 0.2) is 12.1 Å². The Labute approximate surface area is 134 Å². The number of hydrogen-bond acceptors (Lipinski definition) is 5. The predicted octanol–water partition coefficient (Wildman–Crippen LogP) is 2.52. The SMILES string of the molecule is CN.Nc1n[nH]c(C2=CC=C(Oc3ccccc3)CC2)c1C=O. The average molecular weight is 312 g/mol. The fourth-order valence-electron chi connectivity index (χ4n) is 2.28. The van der Waals surface area contributed by atoms with Crippen LogP contribution in [0, 0.1) is 0 Å². The van der Waals surface area contributed by atoms with Crippen molar-refractivity contribution >= 4 is 17.7 Å². The van der Waals surface area contributed by atoms with Crippen molar-refractivity contribution in [1.29, 1.82) is 0 Å². The Morgan fingerprint density at radius 3 is 2.52 bits per heavy atom. The van der Waals surface area contributed by atoms with Crippen LogP contribution in [-0.2, 0) is 0 Å². The molecule has 1 aromatic carbocycles. The summed E-state index contributed by atoms with van der Waals surface area (Å²) >= 11 is 0. The quantitative estimate of drug-likeness (QED) is 0.752. The third-order valence-corrected chi connectivity index (χ3v) is 3.38. The van der Waals surface area contributed by atoms with Crippen molar-refractivity contribution in [3.8, 4) is 5.75 Å². The second-order valence-corrected chi connectivity index (χ2v) is 4.76. The highest BCUT2D eigenvalue weighted by atomic mass is 16.5. The fourth-order valence-corrected chi connectivity index (χ4v) is 2.28. The number of carbonyl (C=O) groups is 1. The fraction of sp³-hybridized carbons (Fsp3) is 0.176. The number of H-pyrrole nitrogens is 1. The topological polar surface area (TPSA) is 107 Å². The number of anilines is 1. The van der Waals surface area contributed by atoms with Crippen LogP contribution < -0.4 is 16.2 Å². The molecule has 0 bridgehead atoms. The van der Waals surface area contributed by atoms with Gasteiger partial charge in [0.05, 0.1) is 11.3 Å². The van der Waals surface area contributed by atoms with Crippen LogP contribution in [-0.4, -0.2) is 23.5 Å². The number of benzene rings is 1. The van der Waals surface area contributed by atoms with Gasteiger partial charge in [-0.15, -0.1) is 0 Å². The molecule has 0 unspecified atom stereocenters. The summed E-state index contributed by atoms with van der Waals surface area (Å²) in [6.07, 6.45) is 6.10. The number of ether oxygens (including phenoxy) is 1. The highest BCUT2D eigenvalue weighted by molar-refractivity contribution is 5.89. The molecule has 0 fully saturated rings. The number of allylic oxidation sites excluding steroid dienone is 4. The minimum atomic E-state index is 0.233. The van der Waals surface area contributed by atoms with Crippen molar-refractivity contribution in [1.82, 2.24) is 10.2 Å². The molecule has 5 N–H and O–H groups in total. The van der Waals surface area contributed by atoms with Gasteiger partial charge in [0.2, 0.25) is 0 Å². The van der Waals surface area contributed by atoms with Gasteiger partial charge < -0.3 is 16.2 Å². The largest absolute Gasteiger partial charge is 0.462 e. The number of rotatable bonds is 4. The minimum absolute atomic E-state index is 0.233. The van der Waals surface area contributed by atoms with Gasteiger partial charge in [-0.25, -0.2) is 0 Å². The van der Waals surface area contributed by atoms with Crippen molar-refractivity contribution in [3.63, 3.8) is 0 Å². The molecule has 1 aliphatic carbocycles. The Morgan fingerprint density at radius 2 is 1.91 bits per heavy atom. The normalized spacial score (nSPS) is 13.3. The van der Waals surface area contributed by atoms with Gasteiger partial charge in [-0.3, -0.25) is 9.89 Å². The molecule has 0 radical (unpaired) electrons. The maximum absolute atomic E-state index is 11.1. The Balaban J connectivity index is 0.000000924. The van der Waals surface area contributed by atoms with Crippen LogP contribution in [0.15, 0.2) is 48.2 Å². The number of aromatic amines is 1. The number of para-hydroxylation sites is 1. The smallest absolute Gasteiger partial charge is 0.156 e. The summed E-state index contributed by atoms with van der Waals surface area (Å²) in [7, 11) is 1.50. The van der Waals surface area contributed by atoms with Crippen molar-refractivity contribution in [3.05, 3.63) is 59.5 Å². The third kappa shape index (κ3) is 3.87. The summed E-state index contributed by atoms with van der Waals surface area (Å²) in [6, 6.07) is 9.65. The summed E-state index contributed by atoms with van der Waals surface area (Å²) in [5, 5.41) is 6.69. The zero-order valence-corrected chi connectivity index (χ0v) is 13.0. The lowest BCUT2D eigenvalue weighted by Gasteiger charge is -2.15. The van der Waals surface area contributed by atoms with Crippen LogP contribution >= 0.6 is 0 Å². The van der Waals surface area contributed by atoms with E-state index in [2.05, 4.69) is 15.9 Å². The number of hydrogen-bond donors (Lipinski definition) is 3. The second kappa shape index (κ2) is 7.95. The maximum Gasteiger partial charge on any atom is 0.156 e. The van der Waals surface area contributed by atoms with E-state index in [9.17, 15) is 4.79 Å². The second-order valence-electron chi connectivity index (χ2n) is 4.76. The van der Waals surface area contributed by atoms with E-state index < -0.39 is 0 Å². The first-order chi connectivity index (χ1) is 11.3. The molecular weight excluding hydrogens is 292 g/mol. The number of nitrogen functional groups attached to an aromatic ring is 1. The number of aromatic nitrogens is 2. The molecule has 6 heteroatoms. The van der Waals surface area contributed by atoms with Gasteiger partial charge in [-0.05, 0) is 37.3 Å². The molecule has 0 saturated heterocycles. The van der Waals surface area contributed by atoms with Crippen LogP contribution in [0.5, 0.6) is 5.75 Å². The summed E-state index contributed by atoms with van der Waals surface area (Å²) in [5.74, 6) is 1.95. The van der Waals surface area contributed by atoms with Crippen LogP contribution in [0.3, 0.4) is 0 Å². The molecule has 1 aromatic heterocycles. The maximum atomic E-state index is 11.1. The van der Waals surface area contributed by atoms with Gasteiger partial charge in [-0.1, -0.05) is 24.3 Å². The molecule has 2 aromatic rings. The first kappa shape index (κ1) is 16.5. The lowest BCUT2D eigenvalue weighted by Crippen LogP contribution is -2.02. The van der Waals surface area contributed by atoms with Crippen LogP contribution in [0.2, 0.25) is 0 Å². The summed E-state index contributed by atoms with van der Waals surface area (Å²) in [4.78, 5) is 11.1. The van der Waals surface area contributed by atoms with Crippen molar-refractivity contribution in [2.24, 2.45) is 5.73 Å². The van der Waals surface area contributed by atoms with Gasteiger partial charge in [0, 0.05) is 6.42 Å². The van der Waals surface area contributed by atoms with Gasteiger partial charge in [-0.2, -0.15) is 5.10 Å². The summed E-state index contributed by atoms with van der Waals surface area (Å²) < 4.78 is 5.80. The third-order valence-electron chi connectivity index (χ3n) is 3.38. The van der Waals surface area contributed by atoms with Crippen LogP contribution in [0.1, 0.15) is 28.9 Å². The molecule has 0 amide bonds. The Hall–Kier alpha value is -2.86. The number of nitrogens with one attached hydrogen (secondary N) is 1. The Kier molecular flexibility index (Phi) is 5.71.